The normalized spacial score (nSPS) is 38.8. The predicted octanol–water partition coefficient (Wildman–Crippen LogP) is 0.0872. The van der Waals surface area contributed by atoms with Gasteiger partial charge in [-0.05, 0) is 0 Å². The number of hydrogen-bond acceptors (Lipinski definition) is 4. The van der Waals surface area contributed by atoms with Crippen LogP contribution in [0.2, 0.25) is 0 Å². The van der Waals surface area contributed by atoms with E-state index in [-0.39, 0.29) is 5.41 Å². The molecule has 3 rings (SSSR count). The summed E-state index contributed by atoms with van der Waals surface area (Å²) < 4.78 is 0. The van der Waals surface area contributed by atoms with Crippen molar-refractivity contribution >= 4 is 0 Å². The van der Waals surface area contributed by atoms with Crippen molar-refractivity contribution in [2.45, 2.75) is 5.41 Å². The van der Waals surface area contributed by atoms with Crippen molar-refractivity contribution in [1.82, 2.24) is 15.3 Å². The molecule has 2 unspecified atom stereocenters. The number of nitriles is 1. The van der Waals surface area contributed by atoms with E-state index in [2.05, 4.69) is 21.4 Å². The van der Waals surface area contributed by atoms with Crippen LogP contribution in [0.1, 0.15) is 5.69 Å². The Bertz CT molecular complexity index is 384. The Labute approximate surface area is 82.0 Å². The number of fused-ring (bicyclic) bond motifs is 1. The van der Waals surface area contributed by atoms with Crippen LogP contribution >= 0.6 is 0 Å². The van der Waals surface area contributed by atoms with Crippen LogP contribution in [0.15, 0.2) is 18.6 Å². The average molecular weight is 186 g/mol. The summed E-state index contributed by atoms with van der Waals surface area (Å²) in [6, 6.07) is 2.43. The van der Waals surface area contributed by atoms with Crippen LogP contribution < -0.4 is 5.32 Å². The fourth-order valence-corrected chi connectivity index (χ4v) is 2.65. The van der Waals surface area contributed by atoms with Gasteiger partial charge in [0.25, 0.3) is 0 Å². The Morgan fingerprint density at radius 1 is 1.43 bits per heavy atom. The van der Waals surface area contributed by atoms with Crippen molar-refractivity contribution in [2.24, 2.45) is 11.8 Å². The fraction of sp³-hybridized carbons (Fsp3) is 0.500. The number of hydrogen-bond donors (Lipinski definition) is 1. The maximum Gasteiger partial charge on any atom is 0.110 e. The third kappa shape index (κ3) is 0.758. The highest BCUT2D eigenvalue weighted by Crippen LogP contribution is 2.60. The molecule has 2 heterocycles. The lowest BCUT2D eigenvalue weighted by atomic mass is 9.98. The minimum absolute atomic E-state index is 0.334. The molecule has 0 amide bonds. The number of rotatable bonds is 1. The van der Waals surface area contributed by atoms with Gasteiger partial charge in [0.2, 0.25) is 0 Å². The number of nitrogens with one attached hydrogen (secondary N) is 1. The summed E-state index contributed by atoms with van der Waals surface area (Å²) in [5, 5.41) is 12.6. The molecule has 1 aromatic heterocycles. The summed E-state index contributed by atoms with van der Waals surface area (Å²) in [4.78, 5) is 8.29. The SMILES string of the molecule is N#CC1(c2cnccn2)C2CNCC21. The van der Waals surface area contributed by atoms with Gasteiger partial charge in [-0.3, -0.25) is 9.97 Å². The van der Waals surface area contributed by atoms with Crippen LogP contribution in [0.5, 0.6) is 0 Å². The summed E-state index contributed by atoms with van der Waals surface area (Å²) in [7, 11) is 0. The van der Waals surface area contributed by atoms with Gasteiger partial charge in [-0.2, -0.15) is 5.26 Å². The molecule has 1 saturated carbocycles. The fourth-order valence-electron chi connectivity index (χ4n) is 2.65. The molecule has 1 N–H and O–H groups in total. The Balaban J connectivity index is 2.03. The van der Waals surface area contributed by atoms with E-state index in [4.69, 9.17) is 0 Å². The molecule has 2 fully saturated rings. The van der Waals surface area contributed by atoms with Gasteiger partial charge in [0, 0.05) is 37.3 Å². The summed E-state index contributed by atoms with van der Waals surface area (Å²) in [6.45, 7) is 1.88. The topological polar surface area (TPSA) is 61.6 Å². The van der Waals surface area contributed by atoms with E-state index in [9.17, 15) is 5.26 Å². The zero-order chi connectivity index (χ0) is 9.60. The van der Waals surface area contributed by atoms with E-state index >= 15 is 0 Å². The van der Waals surface area contributed by atoms with Gasteiger partial charge >= 0.3 is 0 Å². The van der Waals surface area contributed by atoms with Crippen LogP contribution in [0, 0.1) is 23.2 Å². The molecule has 4 heteroatoms. The highest BCUT2D eigenvalue weighted by Gasteiger charge is 2.69. The first-order chi connectivity index (χ1) is 6.89. The Morgan fingerprint density at radius 2 is 2.21 bits per heavy atom. The lowest BCUT2D eigenvalue weighted by Gasteiger charge is -2.11. The summed E-state index contributed by atoms with van der Waals surface area (Å²) in [5.41, 5.74) is 0.512. The lowest BCUT2D eigenvalue weighted by molar-refractivity contribution is 0.597. The van der Waals surface area contributed by atoms with Gasteiger partial charge in [-0.1, -0.05) is 0 Å². The maximum atomic E-state index is 9.27. The van der Waals surface area contributed by atoms with Gasteiger partial charge in [-0.15, -0.1) is 0 Å². The highest BCUT2D eigenvalue weighted by atomic mass is 15.0. The molecule has 0 spiro atoms. The zero-order valence-corrected chi connectivity index (χ0v) is 7.64. The molecule has 2 atom stereocenters. The predicted molar refractivity (Wildman–Crippen MR) is 49.2 cm³/mol. The van der Waals surface area contributed by atoms with Crippen molar-refractivity contribution in [3.63, 3.8) is 0 Å². The van der Waals surface area contributed by atoms with E-state index in [1.807, 2.05) is 0 Å². The molecule has 14 heavy (non-hydrogen) atoms. The van der Waals surface area contributed by atoms with E-state index in [0.29, 0.717) is 11.8 Å². The van der Waals surface area contributed by atoms with Gasteiger partial charge in [0.05, 0.1) is 18.0 Å². The molecule has 2 aliphatic rings. The third-order valence-corrected chi connectivity index (χ3v) is 3.45. The quantitative estimate of drug-likeness (QED) is 0.675. The molecule has 1 aliphatic heterocycles. The van der Waals surface area contributed by atoms with Crippen molar-refractivity contribution < 1.29 is 0 Å². The molecule has 70 valence electrons. The van der Waals surface area contributed by atoms with Gasteiger partial charge < -0.3 is 5.32 Å². The van der Waals surface area contributed by atoms with Crippen molar-refractivity contribution in [3.8, 4) is 6.07 Å². The molecule has 1 aromatic rings. The van der Waals surface area contributed by atoms with Crippen LogP contribution in [0.25, 0.3) is 0 Å². The minimum Gasteiger partial charge on any atom is -0.316 e. The average Bonchev–Trinajstić information content (AvgIpc) is 2.62. The molecule has 1 aliphatic carbocycles. The van der Waals surface area contributed by atoms with Crippen molar-refractivity contribution in [1.29, 1.82) is 5.26 Å². The largest absolute Gasteiger partial charge is 0.316 e. The summed E-state index contributed by atoms with van der Waals surface area (Å²) in [5.74, 6) is 0.897. The molecular weight excluding hydrogens is 176 g/mol. The van der Waals surface area contributed by atoms with Crippen LogP contribution in [0.3, 0.4) is 0 Å². The Kier molecular flexibility index (Phi) is 1.42. The zero-order valence-electron chi connectivity index (χ0n) is 7.64. The van der Waals surface area contributed by atoms with Crippen LogP contribution in [0.4, 0.5) is 0 Å². The smallest absolute Gasteiger partial charge is 0.110 e. The second kappa shape index (κ2) is 2.52. The Hall–Kier alpha value is -1.47. The standard InChI is InChI=1S/C10H10N4/c11-6-10(7-3-13-4-8(7)10)9-5-12-1-2-14-9/h1-2,5,7-8,13H,3-4H2. The molecular formula is C10H10N4. The monoisotopic (exact) mass is 186 g/mol. The first-order valence-corrected chi connectivity index (χ1v) is 4.78. The van der Waals surface area contributed by atoms with E-state index in [1.54, 1.807) is 18.6 Å². The second-order valence-corrected chi connectivity index (χ2v) is 3.94. The van der Waals surface area contributed by atoms with E-state index in [0.717, 1.165) is 18.8 Å². The van der Waals surface area contributed by atoms with Crippen LogP contribution in [-0.2, 0) is 5.41 Å². The maximum absolute atomic E-state index is 9.27. The Morgan fingerprint density at radius 3 is 2.79 bits per heavy atom. The summed E-state index contributed by atoms with van der Waals surface area (Å²) >= 11 is 0. The third-order valence-electron chi connectivity index (χ3n) is 3.45. The second-order valence-electron chi connectivity index (χ2n) is 3.94. The molecule has 0 radical (unpaired) electrons. The van der Waals surface area contributed by atoms with Crippen LogP contribution in [-0.4, -0.2) is 23.1 Å². The highest BCUT2D eigenvalue weighted by molar-refractivity contribution is 5.41. The minimum atomic E-state index is -0.334. The number of aromatic nitrogens is 2. The molecule has 0 bridgehead atoms. The van der Waals surface area contributed by atoms with Crippen molar-refractivity contribution in [3.05, 3.63) is 24.3 Å². The first-order valence-electron chi connectivity index (χ1n) is 4.78. The van der Waals surface area contributed by atoms with E-state index < -0.39 is 0 Å². The number of nitrogens with zero attached hydrogens (tertiary/aromatic N) is 3. The van der Waals surface area contributed by atoms with Gasteiger partial charge in [0.1, 0.15) is 5.41 Å². The first kappa shape index (κ1) is 7.89. The number of piperidine rings is 1. The van der Waals surface area contributed by atoms with Gasteiger partial charge in [0.15, 0.2) is 0 Å². The molecule has 1 saturated heterocycles. The van der Waals surface area contributed by atoms with Crippen molar-refractivity contribution in [2.75, 3.05) is 13.1 Å². The lowest BCUT2D eigenvalue weighted by Crippen LogP contribution is -2.25. The molecule has 4 nitrogen and oxygen atoms in total. The van der Waals surface area contributed by atoms with Gasteiger partial charge in [-0.25, -0.2) is 0 Å². The summed E-state index contributed by atoms with van der Waals surface area (Å²) in [6.07, 6.45) is 5.03. The molecule has 0 aromatic carbocycles. The van der Waals surface area contributed by atoms with E-state index in [1.165, 1.54) is 0 Å².